The lowest BCUT2D eigenvalue weighted by Crippen LogP contribution is -2.74. The zero-order valence-corrected chi connectivity index (χ0v) is 23.6. The molecule has 214 valence electrons. The zero-order valence-electron chi connectivity index (χ0n) is 23.6. The summed E-state index contributed by atoms with van der Waals surface area (Å²) in [5.74, 6) is -3.51. The predicted octanol–water partition coefficient (Wildman–Crippen LogP) is -0.149. The van der Waals surface area contributed by atoms with Crippen LogP contribution in [0.1, 0.15) is 33.6 Å². The fourth-order valence-corrected chi connectivity index (χ4v) is 7.13. The molecule has 1 N–H and O–H groups in total. The molecule has 0 aromatic carbocycles. The molecule has 12 nitrogen and oxygen atoms in total. The Kier molecular flexibility index (Phi) is 6.91. The van der Waals surface area contributed by atoms with Crippen molar-refractivity contribution in [1.29, 1.82) is 5.26 Å². The summed E-state index contributed by atoms with van der Waals surface area (Å²) in [6.45, 7) is 3.89. The summed E-state index contributed by atoms with van der Waals surface area (Å²) in [4.78, 5) is 82.3. The van der Waals surface area contributed by atoms with E-state index in [-0.39, 0.29) is 64.6 Å². The van der Waals surface area contributed by atoms with E-state index in [9.17, 15) is 34.0 Å². The lowest BCUT2D eigenvalue weighted by molar-refractivity contribution is -0.137. The zero-order chi connectivity index (χ0) is 30.1. The van der Waals surface area contributed by atoms with E-state index in [1.165, 1.54) is 28.1 Å². The van der Waals surface area contributed by atoms with Crippen LogP contribution in [0.5, 0.6) is 0 Å². The molecule has 5 aliphatic rings. The van der Waals surface area contributed by atoms with Crippen molar-refractivity contribution in [3.8, 4) is 6.07 Å². The van der Waals surface area contributed by atoms with Gasteiger partial charge >= 0.3 is 0 Å². The summed E-state index contributed by atoms with van der Waals surface area (Å²) in [5, 5.41) is 13.0. The molecule has 41 heavy (non-hydrogen) atoms. The number of hydrogen-bond donors (Lipinski definition) is 1. The maximum atomic E-state index is 13.8. The maximum Gasteiger partial charge on any atom is 0.287 e. The highest BCUT2D eigenvalue weighted by atomic mass is 16.5. The smallest absolute Gasteiger partial charge is 0.287 e. The number of allylic oxidation sites excluding steroid dienone is 4. The van der Waals surface area contributed by atoms with Crippen molar-refractivity contribution in [1.82, 2.24) is 15.1 Å². The molecule has 5 rings (SSSR count). The first-order valence-corrected chi connectivity index (χ1v) is 13.2. The summed E-state index contributed by atoms with van der Waals surface area (Å²) in [5.41, 5.74) is 1.19. The van der Waals surface area contributed by atoms with E-state index in [1.54, 1.807) is 11.9 Å². The topological polar surface area (TPSA) is 163 Å². The SMILES string of the molecule is COC1=C(C)C(=O)C2=C(C1=O)[C@@H]1[C@@H]3CC4=C(C(=O)C(OC)=C(C)C4=O)[C@@H](CNC(=O)C(C)=O)N3[C@@H](C#N)[C@@H](C2)N1C. The molecule has 3 heterocycles. The van der Waals surface area contributed by atoms with Crippen LogP contribution in [0.15, 0.2) is 45.0 Å². The van der Waals surface area contributed by atoms with Gasteiger partial charge in [0.15, 0.2) is 23.1 Å². The molecule has 5 atom stereocenters. The van der Waals surface area contributed by atoms with Gasteiger partial charge < -0.3 is 14.8 Å². The summed E-state index contributed by atoms with van der Waals surface area (Å²) in [6.07, 6.45) is 0.116. The number of piperazine rings is 1. The summed E-state index contributed by atoms with van der Waals surface area (Å²) in [7, 11) is 4.38. The number of nitrogens with one attached hydrogen (secondary N) is 1. The van der Waals surface area contributed by atoms with Gasteiger partial charge in [-0.15, -0.1) is 0 Å². The van der Waals surface area contributed by atoms with Crippen molar-refractivity contribution in [3.63, 3.8) is 0 Å². The molecule has 12 heteroatoms. The fourth-order valence-electron chi connectivity index (χ4n) is 7.13. The monoisotopic (exact) mass is 562 g/mol. The van der Waals surface area contributed by atoms with E-state index in [4.69, 9.17) is 9.47 Å². The molecule has 1 amide bonds. The first-order chi connectivity index (χ1) is 19.4. The molecule has 0 saturated carbocycles. The molecule has 0 unspecified atom stereocenters. The third-order valence-corrected chi connectivity index (χ3v) is 8.99. The molecule has 0 aromatic heterocycles. The number of rotatable bonds is 5. The van der Waals surface area contributed by atoms with Crippen LogP contribution in [0.2, 0.25) is 0 Å². The molecule has 0 radical (unpaired) electrons. The fraction of sp³-hybridized carbons (Fsp3) is 0.483. The van der Waals surface area contributed by atoms with E-state index >= 15 is 0 Å². The number of carbonyl (C=O) groups is 6. The highest BCUT2D eigenvalue weighted by Gasteiger charge is 2.59. The number of fused-ring (bicyclic) bond motifs is 5. The van der Waals surface area contributed by atoms with Gasteiger partial charge in [0.1, 0.15) is 6.04 Å². The summed E-state index contributed by atoms with van der Waals surface area (Å²) >= 11 is 0. The van der Waals surface area contributed by atoms with Crippen molar-refractivity contribution in [3.05, 3.63) is 45.0 Å². The van der Waals surface area contributed by atoms with E-state index in [2.05, 4.69) is 11.4 Å². The second kappa shape index (κ2) is 10.0. The number of amides is 1. The molecule has 1 saturated heterocycles. The van der Waals surface area contributed by atoms with Crippen molar-refractivity contribution in [2.45, 2.75) is 63.8 Å². The van der Waals surface area contributed by atoms with Crippen LogP contribution in [0.4, 0.5) is 0 Å². The Morgan fingerprint density at radius 2 is 1.41 bits per heavy atom. The van der Waals surface area contributed by atoms with Gasteiger partial charge in [-0.25, -0.2) is 0 Å². The summed E-state index contributed by atoms with van der Waals surface area (Å²) in [6, 6.07) is -1.52. The van der Waals surface area contributed by atoms with Crippen LogP contribution >= 0.6 is 0 Å². The number of likely N-dealkylation sites (N-methyl/N-ethyl adjacent to an activating group) is 1. The largest absolute Gasteiger partial charge is 0.492 e. The Morgan fingerprint density at radius 3 is 1.93 bits per heavy atom. The van der Waals surface area contributed by atoms with Gasteiger partial charge in [0.2, 0.25) is 17.3 Å². The van der Waals surface area contributed by atoms with Crippen LogP contribution in [-0.4, -0.2) is 103 Å². The minimum atomic E-state index is -0.985. The lowest BCUT2D eigenvalue weighted by atomic mass is 9.67. The van der Waals surface area contributed by atoms with E-state index in [0.717, 1.165) is 6.92 Å². The second-order valence-corrected chi connectivity index (χ2v) is 10.9. The second-order valence-electron chi connectivity index (χ2n) is 10.9. The lowest BCUT2D eigenvalue weighted by Gasteiger charge is -2.60. The maximum absolute atomic E-state index is 13.8. The van der Waals surface area contributed by atoms with Crippen molar-refractivity contribution < 1.29 is 38.2 Å². The van der Waals surface area contributed by atoms with Crippen molar-refractivity contribution in [2.75, 3.05) is 27.8 Å². The van der Waals surface area contributed by atoms with Crippen LogP contribution in [0, 0.1) is 11.3 Å². The van der Waals surface area contributed by atoms with Crippen LogP contribution in [-0.2, 0) is 38.2 Å². The van der Waals surface area contributed by atoms with Crippen molar-refractivity contribution in [2.24, 2.45) is 0 Å². The Balaban J connectivity index is 1.71. The molecule has 1 fully saturated rings. The molecule has 3 aliphatic heterocycles. The van der Waals surface area contributed by atoms with Gasteiger partial charge in [-0.3, -0.25) is 38.6 Å². The number of carbonyl (C=O) groups excluding carboxylic acids is 6. The number of nitriles is 1. The van der Waals surface area contributed by atoms with Gasteiger partial charge in [0.05, 0.1) is 32.4 Å². The molecule has 2 aliphatic carbocycles. The minimum Gasteiger partial charge on any atom is -0.492 e. The van der Waals surface area contributed by atoms with Gasteiger partial charge in [-0.05, 0) is 33.7 Å². The minimum absolute atomic E-state index is 0.00850. The Bertz CT molecular complexity index is 1520. The number of hydrogen-bond acceptors (Lipinski definition) is 11. The number of methoxy groups -OCH3 is 2. The van der Waals surface area contributed by atoms with E-state index in [0.29, 0.717) is 5.57 Å². The normalized spacial score (nSPS) is 30.1. The molecular formula is C29H30N4O8. The predicted molar refractivity (Wildman–Crippen MR) is 141 cm³/mol. The third-order valence-electron chi connectivity index (χ3n) is 8.99. The Labute approximate surface area is 236 Å². The highest BCUT2D eigenvalue weighted by Crippen LogP contribution is 2.48. The Morgan fingerprint density at radius 1 is 0.902 bits per heavy atom. The quantitative estimate of drug-likeness (QED) is 0.350. The van der Waals surface area contributed by atoms with Crippen LogP contribution in [0.25, 0.3) is 0 Å². The van der Waals surface area contributed by atoms with Gasteiger partial charge in [-0.1, -0.05) is 0 Å². The number of ether oxygens (including phenoxy) is 2. The number of ketones is 5. The molecular weight excluding hydrogens is 532 g/mol. The number of nitrogens with zero attached hydrogens (tertiary/aromatic N) is 3. The van der Waals surface area contributed by atoms with Gasteiger partial charge in [-0.2, -0.15) is 5.26 Å². The first-order valence-electron chi connectivity index (χ1n) is 13.2. The molecule has 0 spiro atoms. The highest BCUT2D eigenvalue weighted by molar-refractivity contribution is 6.35. The first kappa shape index (κ1) is 28.3. The van der Waals surface area contributed by atoms with E-state index in [1.807, 2.05) is 4.90 Å². The van der Waals surface area contributed by atoms with Crippen molar-refractivity contribution >= 4 is 34.8 Å². The standard InChI is InChI=1S/C29H30N4O8/c1-11-23(35)14-8-17-22-21-15(24(36)12(2)28(41-6)26(21)38)7-16(32(22)4)18(9-30)33(17)19(10-31-29(39)13(3)34)20(14)25(37)27(11)40-5/h16-19,22H,7-8,10H2,1-6H3,(H,31,39)/t16-,17+,18+,19-,22+/m1/s1. The van der Waals surface area contributed by atoms with E-state index < -0.39 is 59.2 Å². The summed E-state index contributed by atoms with van der Waals surface area (Å²) < 4.78 is 10.6. The molecule has 0 aromatic rings. The van der Waals surface area contributed by atoms with Gasteiger partial charge in [0.25, 0.3) is 5.91 Å². The van der Waals surface area contributed by atoms with Crippen LogP contribution < -0.4 is 5.32 Å². The third kappa shape index (κ3) is 3.87. The Hall–Kier alpha value is -4.21. The van der Waals surface area contributed by atoms with Crippen LogP contribution in [0.3, 0.4) is 0 Å². The van der Waals surface area contributed by atoms with Gasteiger partial charge in [0, 0.05) is 59.0 Å². The molecule has 2 bridgehead atoms. The average Bonchev–Trinajstić information content (AvgIpc) is 2.93. The average molecular weight is 563 g/mol. The number of Topliss-reactive ketones (excluding diaryl/α,β-unsaturated/α-hetero) is 5.